The number of aromatic nitrogens is 1. The smallest absolute Gasteiger partial charge is 0.192 e. The monoisotopic (exact) mass is 258 g/mol. The second-order valence-corrected chi connectivity index (χ2v) is 6.06. The Morgan fingerprint density at radius 3 is 2.95 bits per heavy atom. The first-order valence-corrected chi connectivity index (χ1v) is 7.25. The first-order valence-electron chi connectivity index (χ1n) is 7.25. The van der Waals surface area contributed by atoms with E-state index in [1.807, 2.05) is 13.0 Å². The number of nitrogens with one attached hydrogen (secondary N) is 1. The molecule has 0 radical (unpaired) electrons. The second kappa shape index (κ2) is 4.87. The summed E-state index contributed by atoms with van der Waals surface area (Å²) in [5.41, 5.74) is 2.97. The lowest BCUT2D eigenvalue weighted by Crippen LogP contribution is -2.33. The maximum atomic E-state index is 5.51. The Morgan fingerprint density at radius 2 is 2.11 bits per heavy atom. The van der Waals surface area contributed by atoms with Crippen LogP contribution in [0.4, 0.5) is 5.69 Å². The number of nitrogens with zero attached hydrogens (tertiary/aromatic N) is 1. The molecule has 0 bridgehead atoms. The van der Waals surface area contributed by atoms with Gasteiger partial charge in [-0.25, -0.2) is 4.98 Å². The van der Waals surface area contributed by atoms with E-state index in [2.05, 4.69) is 36.3 Å². The fourth-order valence-electron chi connectivity index (χ4n) is 3.08. The van der Waals surface area contributed by atoms with Gasteiger partial charge in [0.15, 0.2) is 11.5 Å². The summed E-state index contributed by atoms with van der Waals surface area (Å²) < 4.78 is 5.51. The highest BCUT2D eigenvalue weighted by atomic mass is 16.3. The van der Waals surface area contributed by atoms with Gasteiger partial charge in [-0.05, 0) is 42.9 Å². The zero-order valence-electron chi connectivity index (χ0n) is 11.9. The van der Waals surface area contributed by atoms with E-state index < -0.39 is 0 Å². The topological polar surface area (TPSA) is 38.1 Å². The van der Waals surface area contributed by atoms with Gasteiger partial charge in [-0.15, -0.1) is 0 Å². The van der Waals surface area contributed by atoms with E-state index in [4.69, 9.17) is 4.42 Å². The third-order valence-electron chi connectivity index (χ3n) is 4.30. The quantitative estimate of drug-likeness (QED) is 0.869. The zero-order valence-corrected chi connectivity index (χ0v) is 11.9. The van der Waals surface area contributed by atoms with E-state index in [9.17, 15) is 0 Å². The molecule has 0 spiro atoms. The van der Waals surface area contributed by atoms with Gasteiger partial charge in [-0.1, -0.05) is 20.3 Å². The van der Waals surface area contributed by atoms with Gasteiger partial charge in [-0.3, -0.25) is 0 Å². The molecule has 1 aliphatic rings. The molecule has 3 unspecified atom stereocenters. The summed E-state index contributed by atoms with van der Waals surface area (Å²) in [7, 11) is 0. The van der Waals surface area contributed by atoms with Crippen molar-refractivity contribution in [3.05, 3.63) is 24.1 Å². The summed E-state index contributed by atoms with van der Waals surface area (Å²) in [6, 6.07) is 6.78. The summed E-state index contributed by atoms with van der Waals surface area (Å²) in [6.45, 7) is 6.59. The zero-order chi connectivity index (χ0) is 13.4. The molecule has 102 valence electrons. The van der Waals surface area contributed by atoms with Gasteiger partial charge in [0.05, 0.1) is 0 Å². The van der Waals surface area contributed by atoms with Gasteiger partial charge in [0.1, 0.15) is 5.52 Å². The van der Waals surface area contributed by atoms with E-state index >= 15 is 0 Å². The highest BCUT2D eigenvalue weighted by Crippen LogP contribution is 2.31. The predicted octanol–water partition coefficient (Wildman–Crippen LogP) is 4.37. The van der Waals surface area contributed by atoms with Crippen LogP contribution in [-0.2, 0) is 0 Å². The summed E-state index contributed by atoms with van der Waals surface area (Å²) >= 11 is 0. The molecule has 1 saturated carbocycles. The first kappa shape index (κ1) is 12.5. The first-order chi connectivity index (χ1) is 9.11. The second-order valence-electron chi connectivity index (χ2n) is 6.06. The summed E-state index contributed by atoms with van der Waals surface area (Å²) in [5.74, 6) is 2.30. The van der Waals surface area contributed by atoms with Crippen LogP contribution in [0.1, 0.15) is 39.0 Å². The minimum absolute atomic E-state index is 0.578. The molecular weight excluding hydrogens is 236 g/mol. The average molecular weight is 258 g/mol. The lowest BCUT2D eigenvalue weighted by atomic mass is 9.80. The molecule has 3 heteroatoms. The third-order valence-corrected chi connectivity index (χ3v) is 4.30. The van der Waals surface area contributed by atoms with Crippen LogP contribution in [0, 0.1) is 18.8 Å². The molecule has 1 fully saturated rings. The van der Waals surface area contributed by atoms with E-state index in [1.165, 1.54) is 19.3 Å². The van der Waals surface area contributed by atoms with E-state index in [1.54, 1.807) is 0 Å². The lowest BCUT2D eigenvalue weighted by Gasteiger charge is -2.34. The Labute approximate surface area is 114 Å². The maximum absolute atomic E-state index is 5.51. The van der Waals surface area contributed by atoms with Crippen molar-refractivity contribution in [1.29, 1.82) is 0 Å². The molecule has 1 aromatic carbocycles. The van der Waals surface area contributed by atoms with Crippen molar-refractivity contribution in [2.24, 2.45) is 11.8 Å². The fourth-order valence-corrected chi connectivity index (χ4v) is 3.08. The number of hydrogen-bond donors (Lipinski definition) is 1. The van der Waals surface area contributed by atoms with Crippen molar-refractivity contribution in [2.45, 2.75) is 46.1 Å². The number of fused-ring (bicyclic) bond motifs is 1. The highest BCUT2D eigenvalue weighted by molar-refractivity contribution is 5.77. The van der Waals surface area contributed by atoms with Crippen LogP contribution in [0.15, 0.2) is 22.6 Å². The van der Waals surface area contributed by atoms with Crippen LogP contribution in [0.5, 0.6) is 0 Å². The molecule has 0 aliphatic heterocycles. The number of rotatable bonds is 2. The Hall–Kier alpha value is -1.51. The number of aryl methyl sites for hydroxylation is 1. The van der Waals surface area contributed by atoms with Gasteiger partial charge in [0, 0.05) is 18.7 Å². The molecule has 1 aromatic heterocycles. The largest absolute Gasteiger partial charge is 0.441 e. The van der Waals surface area contributed by atoms with E-state index in [0.717, 1.165) is 34.5 Å². The minimum Gasteiger partial charge on any atom is -0.441 e. The Bertz CT molecular complexity index is 575. The van der Waals surface area contributed by atoms with Crippen molar-refractivity contribution in [3.8, 4) is 0 Å². The van der Waals surface area contributed by atoms with Crippen molar-refractivity contribution in [1.82, 2.24) is 4.98 Å². The number of oxazole rings is 1. The summed E-state index contributed by atoms with van der Waals surface area (Å²) in [5, 5.41) is 3.68. The molecular formula is C16H22N2O. The predicted molar refractivity (Wildman–Crippen MR) is 78.3 cm³/mol. The van der Waals surface area contributed by atoms with Gasteiger partial charge in [0.25, 0.3) is 0 Å². The molecule has 2 aromatic rings. The van der Waals surface area contributed by atoms with Crippen molar-refractivity contribution in [3.63, 3.8) is 0 Å². The molecule has 0 amide bonds. The van der Waals surface area contributed by atoms with Gasteiger partial charge >= 0.3 is 0 Å². The minimum atomic E-state index is 0.578. The number of benzene rings is 1. The third kappa shape index (κ3) is 2.60. The van der Waals surface area contributed by atoms with Crippen LogP contribution in [-0.4, -0.2) is 11.0 Å². The average Bonchev–Trinajstić information content (AvgIpc) is 2.73. The lowest BCUT2D eigenvalue weighted by molar-refractivity contribution is 0.281. The molecule has 1 N–H and O–H groups in total. The molecule has 3 rings (SSSR count). The highest BCUT2D eigenvalue weighted by Gasteiger charge is 2.25. The molecule has 19 heavy (non-hydrogen) atoms. The molecule has 3 nitrogen and oxygen atoms in total. The Kier molecular flexibility index (Phi) is 3.21. The van der Waals surface area contributed by atoms with Gasteiger partial charge in [-0.2, -0.15) is 0 Å². The Balaban J connectivity index is 1.80. The fraction of sp³-hybridized carbons (Fsp3) is 0.562. The van der Waals surface area contributed by atoms with Crippen molar-refractivity contribution in [2.75, 3.05) is 5.32 Å². The van der Waals surface area contributed by atoms with Gasteiger partial charge < -0.3 is 9.73 Å². The maximum Gasteiger partial charge on any atom is 0.192 e. The molecule has 1 heterocycles. The Morgan fingerprint density at radius 1 is 1.26 bits per heavy atom. The summed E-state index contributed by atoms with van der Waals surface area (Å²) in [4.78, 5) is 4.39. The number of hydrogen-bond acceptors (Lipinski definition) is 3. The van der Waals surface area contributed by atoms with Gasteiger partial charge in [0.2, 0.25) is 0 Å². The van der Waals surface area contributed by atoms with Crippen molar-refractivity contribution < 1.29 is 4.42 Å². The van der Waals surface area contributed by atoms with Crippen molar-refractivity contribution >= 4 is 16.8 Å². The molecule has 1 aliphatic carbocycles. The van der Waals surface area contributed by atoms with E-state index in [-0.39, 0.29) is 0 Å². The SMILES string of the molecule is Cc1nc2cc(NC3CC(C)CCC3C)ccc2o1. The van der Waals surface area contributed by atoms with E-state index in [0.29, 0.717) is 6.04 Å². The normalized spacial score (nSPS) is 27.6. The standard InChI is InChI=1S/C16H22N2O/c1-10-4-5-11(2)14(8-10)18-13-6-7-16-15(9-13)17-12(3)19-16/h6-7,9-11,14,18H,4-5,8H2,1-3H3. The van der Waals surface area contributed by atoms with Crippen LogP contribution in [0.25, 0.3) is 11.1 Å². The molecule has 0 saturated heterocycles. The summed E-state index contributed by atoms with van der Waals surface area (Å²) in [6.07, 6.45) is 3.95. The van der Waals surface area contributed by atoms with Crippen LogP contribution < -0.4 is 5.32 Å². The van der Waals surface area contributed by atoms with Crippen LogP contribution in [0.3, 0.4) is 0 Å². The van der Waals surface area contributed by atoms with Crippen LogP contribution >= 0.6 is 0 Å². The van der Waals surface area contributed by atoms with Crippen LogP contribution in [0.2, 0.25) is 0 Å². The molecule has 3 atom stereocenters. The number of anilines is 1.